The molecule has 2 aromatic carbocycles. The first-order chi connectivity index (χ1) is 17.0. The van der Waals surface area contributed by atoms with Crippen LogP contribution in [0.15, 0.2) is 42.5 Å². The minimum Gasteiger partial charge on any atom is -0.340 e. The second-order valence-corrected chi connectivity index (χ2v) is 8.83. The SMILES string of the molecule is C#Cc1ccc(N2CC(=O)N(Cc3ccc(C(F)(F)F)cc3)C3(CCN(C(=O)CC)C3)C2=O)c(F)c1. The third kappa shape index (κ3) is 4.41. The van der Waals surface area contributed by atoms with Crippen LogP contribution in [0.3, 0.4) is 0 Å². The van der Waals surface area contributed by atoms with Crippen LogP contribution in [0.2, 0.25) is 0 Å². The fraction of sp³-hybridized carbons (Fsp3) is 0.346. The highest BCUT2D eigenvalue weighted by molar-refractivity contribution is 6.10. The van der Waals surface area contributed by atoms with Gasteiger partial charge in [0.25, 0.3) is 5.91 Å². The normalized spacial score (nSPS) is 20.3. The average molecular weight is 501 g/mol. The van der Waals surface area contributed by atoms with E-state index in [1.165, 1.54) is 34.1 Å². The first-order valence-electron chi connectivity index (χ1n) is 11.3. The third-order valence-corrected chi connectivity index (χ3v) is 6.68. The van der Waals surface area contributed by atoms with Crippen molar-refractivity contribution in [3.63, 3.8) is 0 Å². The molecule has 10 heteroatoms. The molecule has 2 fully saturated rings. The van der Waals surface area contributed by atoms with Crippen molar-refractivity contribution in [3.8, 4) is 12.3 Å². The van der Waals surface area contributed by atoms with Gasteiger partial charge in [0.05, 0.1) is 17.8 Å². The molecule has 2 heterocycles. The van der Waals surface area contributed by atoms with Crippen molar-refractivity contribution in [1.82, 2.24) is 9.80 Å². The summed E-state index contributed by atoms with van der Waals surface area (Å²) in [5.41, 5.74) is -1.77. The van der Waals surface area contributed by atoms with E-state index in [1.54, 1.807) is 6.92 Å². The zero-order valence-corrected chi connectivity index (χ0v) is 19.4. The molecule has 2 aliphatic heterocycles. The minimum atomic E-state index is -4.51. The fourth-order valence-electron chi connectivity index (χ4n) is 4.75. The summed E-state index contributed by atoms with van der Waals surface area (Å²) in [4.78, 5) is 43.5. The van der Waals surface area contributed by atoms with Crippen LogP contribution in [0.1, 0.15) is 36.5 Å². The van der Waals surface area contributed by atoms with Gasteiger partial charge < -0.3 is 9.80 Å². The van der Waals surface area contributed by atoms with E-state index in [0.717, 1.165) is 23.1 Å². The maximum Gasteiger partial charge on any atom is 0.416 e. The number of alkyl halides is 3. The van der Waals surface area contributed by atoms with Crippen LogP contribution in [0, 0.1) is 18.2 Å². The maximum absolute atomic E-state index is 14.9. The van der Waals surface area contributed by atoms with Crippen LogP contribution in [0.4, 0.5) is 23.2 Å². The number of rotatable bonds is 4. The number of piperazine rings is 1. The molecule has 2 aliphatic rings. The summed E-state index contributed by atoms with van der Waals surface area (Å²) in [5, 5.41) is 0. The zero-order chi connectivity index (χ0) is 26.3. The van der Waals surface area contributed by atoms with E-state index < -0.39 is 41.5 Å². The second kappa shape index (κ2) is 9.30. The second-order valence-electron chi connectivity index (χ2n) is 8.83. The van der Waals surface area contributed by atoms with Crippen LogP contribution in [0.25, 0.3) is 0 Å². The van der Waals surface area contributed by atoms with E-state index in [0.29, 0.717) is 5.56 Å². The highest BCUT2D eigenvalue weighted by atomic mass is 19.4. The van der Waals surface area contributed by atoms with Crippen molar-refractivity contribution >= 4 is 23.4 Å². The Morgan fingerprint density at radius 1 is 1.14 bits per heavy atom. The molecule has 4 rings (SSSR count). The Hall–Kier alpha value is -3.87. The number of hydrogen-bond donors (Lipinski definition) is 0. The number of carbonyl (C=O) groups is 3. The van der Waals surface area contributed by atoms with Crippen molar-refractivity contribution in [2.45, 2.75) is 38.0 Å². The van der Waals surface area contributed by atoms with E-state index in [2.05, 4.69) is 5.92 Å². The number of likely N-dealkylation sites (tertiary alicyclic amines) is 1. The highest BCUT2D eigenvalue weighted by Gasteiger charge is 2.57. The molecular formula is C26H23F4N3O3. The Morgan fingerprint density at radius 2 is 1.83 bits per heavy atom. The molecule has 2 aromatic rings. The van der Waals surface area contributed by atoms with E-state index in [9.17, 15) is 31.9 Å². The summed E-state index contributed by atoms with van der Waals surface area (Å²) >= 11 is 0. The fourth-order valence-corrected chi connectivity index (χ4v) is 4.75. The Balaban J connectivity index is 1.71. The number of halogens is 4. The molecule has 2 saturated heterocycles. The van der Waals surface area contributed by atoms with Crippen molar-refractivity contribution < 1.29 is 31.9 Å². The van der Waals surface area contributed by atoms with Crippen LogP contribution < -0.4 is 4.90 Å². The monoisotopic (exact) mass is 501 g/mol. The van der Waals surface area contributed by atoms with Crippen molar-refractivity contribution in [1.29, 1.82) is 0 Å². The maximum atomic E-state index is 14.9. The highest BCUT2D eigenvalue weighted by Crippen LogP contribution is 2.38. The number of nitrogens with zero attached hydrogens (tertiary/aromatic N) is 3. The molecule has 6 nitrogen and oxygen atoms in total. The van der Waals surface area contributed by atoms with Gasteiger partial charge in [-0.25, -0.2) is 4.39 Å². The molecule has 36 heavy (non-hydrogen) atoms. The molecule has 0 aliphatic carbocycles. The summed E-state index contributed by atoms with van der Waals surface area (Å²) in [6.07, 6.45) is 1.12. The van der Waals surface area contributed by atoms with Crippen molar-refractivity contribution in [2.75, 3.05) is 24.5 Å². The van der Waals surface area contributed by atoms with Crippen LogP contribution >= 0.6 is 0 Å². The van der Waals surface area contributed by atoms with Crippen LogP contribution in [0.5, 0.6) is 0 Å². The first kappa shape index (κ1) is 25.2. The lowest BCUT2D eigenvalue weighted by molar-refractivity contribution is -0.151. The Kier molecular flexibility index (Phi) is 6.52. The lowest BCUT2D eigenvalue weighted by Gasteiger charge is -2.47. The number of amides is 3. The molecular weight excluding hydrogens is 478 g/mol. The first-order valence-corrected chi connectivity index (χ1v) is 11.3. The predicted octanol–water partition coefficient (Wildman–Crippen LogP) is 3.58. The topological polar surface area (TPSA) is 60.9 Å². The molecule has 0 bridgehead atoms. The molecule has 1 spiro atoms. The predicted molar refractivity (Wildman–Crippen MR) is 123 cm³/mol. The van der Waals surface area contributed by atoms with E-state index in [-0.39, 0.29) is 49.6 Å². The summed E-state index contributed by atoms with van der Waals surface area (Å²) in [7, 11) is 0. The van der Waals surface area contributed by atoms with Gasteiger partial charge in [-0.1, -0.05) is 25.0 Å². The lowest BCUT2D eigenvalue weighted by Crippen LogP contribution is -2.69. The Morgan fingerprint density at radius 3 is 2.42 bits per heavy atom. The minimum absolute atomic E-state index is 0.0918. The van der Waals surface area contributed by atoms with Gasteiger partial charge in [0.1, 0.15) is 17.9 Å². The summed E-state index contributed by atoms with van der Waals surface area (Å²) in [6.45, 7) is 1.20. The van der Waals surface area contributed by atoms with Gasteiger partial charge in [0.2, 0.25) is 11.8 Å². The average Bonchev–Trinajstić information content (AvgIpc) is 3.30. The van der Waals surface area contributed by atoms with Gasteiger partial charge in [0, 0.05) is 25.1 Å². The Labute approximate surface area is 205 Å². The van der Waals surface area contributed by atoms with E-state index >= 15 is 0 Å². The number of benzene rings is 2. The molecule has 188 valence electrons. The largest absolute Gasteiger partial charge is 0.416 e. The third-order valence-electron chi connectivity index (χ3n) is 6.68. The summed E-state index contributed by atoms with van der Waals surface area (Å²) in [6, 6.07) is 8.21. The number of hydrogen-bond acceptors (Lipinski definition) is 3. The number of terminal acetylenes is 1. The number of anilines is 1. The van der Waals surface area contributed by atoms with E-state index in [1.807, 2.05) is 0 Å². The van der Waals surface area contributed by atoms with Gasteiger partial charge in [-0.15, -0.1) is 6.42 Å². The quantitative estimate of drug-likeness (QED) is 0.476. The summed E-state index contributed by atoms with van der Waals surface area (Å²) in [5.74, 6) is 0.259. The Bertz CT molecular complexity index is 1250. The standard InChI is InChI=1S/C26H23F4N3O3/c1-3-17-7-10-21(20(27)13-17)32-15-23(35)33(14-18-5-8-19(9-6-18)26(28,29)30)25(24(32)36)11-12-31(16-25)22(34)4-2/h1,5-10,13H,4,11-12,14-16H2,2H3. The van der Waals surface area contributed by atoms with Gasteiger partial charge in [-0.2, -0.15) is 13.2 Å². The molecule has 3 amide bonds. The van der Waals surface area contributed by atoms with Crippen LogP contribution in [-0.2, 0) is 27.1 Å². The van der Waals surface area contributed by atoms with Crippen molar-refractivity contribution in [3.05, 3.63) is 65.0 Å². The van der Waals surface area contributed by atoms with Crippen LogP contribution in [-0.4, -0.2) is 52.7 Å². The molecule has 0 saturated carbocycles. The molecule has 0 N–H and O–H groups in total. The molecule has 1 atom stereocenters. The molecule has 0 aromatic heterocycles. The van der Waals surface area contributed by atoms with Crippen molar-refractivity contribution in [2.24, 2.45) is 0 Å². The van der Waals surface area contributed by atoms with E-state index in [4.69, 9.17) is 6.42 Å². The molecule has 1 unspecified atom stereocenters. The lowest BCUT2D eigenvalue weighted by atomic mass is 9.89. The molecule has 0 radical (unpaired) electrons. The van der Waals surface area contributed by atoms with Gasteiger partial charge in [0.15, 0.2) is 0 Å². The van der Waals surface area contributed by atoms with Gasteiger partial charge in [-0.05, 0) is 42.3 Å². The van der Waals surface area contributed by atoms with Gasteiger partial charge >= 0.3 is 6.18 Å². The smallest absolute Gasteiger partial charge is 0.340 e. The zero-order valence-electron chi connectivity index (χ0n) is 19.4. The van der Waals surface area contributed by atoms with Gasteiger partial charge in [-0.3, -0.25) is 19.3 Å². The number of carbonyl (C=O) groups excluding carboxylic acids is 3. The summed E-state index contributed by atoms with van der Waals surface area (Å²) < 4.78 is 53.8.